The van der Waals surface area contributed by atoms with E-state index in [-0.39, 0.29) is 36.1 Å². The Morgan fingerprint density at radius 1 is 1.15 bits per heavy atom. The Morgan fingerprint density at radius 3 is 2.88 bits per heavy atom. The highest BCUT2D eigenvalue weighted by atomic mass is 19.1. The Kier molecular flexibility index (Phi) is 7.12. The van der Waals surface area contributed by atoms with Crippen LogP contribution in [0.4, 0.5) is 10.2 Å². The average Bonchev–Trinajstić information content (AvgIpc) is 3.97. The maximum absolute atomic E-state index is 14.6. The summed E-state index contributed by atoms with van der Waals surface area (Å²) in [6.45, 7) is 14.6. The SMILES string of the molecule is [C-]#[N+]C[C@H]1CN(c2nc(OC[C@@]34CCCN3C[C@H](F)C4)nc3c(OC4CC4)c(-c4cccc5c4CC4CC54)ccc23)CCN1C(=O)C=C. The highest BCUT2D eigenvalue weighted by Crippen LogP contribution is 2.58. The third-order valence-corrected chi connectivity index (χ3v) is 11.7. The minimum atomic E-state index is -0.851. The van der Waals surface area contributed by atoms with Gasteiger partial charge in [0.2, 0.25) is 12.5 Å². The van der Waals surface area contributed by atoms with Crippen molar-refractivity contribution in [3.05, 3.63) is 65.5 Å². The number of anilines is 1. The van der Waals surface area contributed by atoms with Crippen LogP contribution in [0.15, 0.2) is 43.0 Å². The van der Waals surface area contributed by atoms with Gasteiger partial charge >= 0.3 is 6.01 Å². The maximum Gasteiger partial charge on any atom is 0.319 e. The second-order valence-corrected chi connectivity index (χ2v) is 14.7. The van der Waals surface area contributed by atoms with Gasteiger partial charge in [0.15, 0.2) is 5.75 Å². The summed E-state index contributed by atoms with van der Waals surface area (Å²) in [4.78, 5) is 32.6. The van der Waals surface area contributed by atoms with Crippen molar-refractivity contribution >= 4 is 22.6 Å². The first-order valence-electron chi connectivity index (χ1n) is 17.6. The number of carbonyl (C=O) groups is 1. The fourth-order valence-corrected chi connectivity index (χ4v) is 9.04. The lowest BCUT2D eigenvalue weighted by Gasteiger charge is -2.39. The molecule has 3 aromatic rings. The summed E-state index contributed by atoms with van der Waals surface area (Å²) in [6.07, 6.45) is 7.41. The molecule has 10 heteroatoms. The molecule has 3 aliphatic carbocycles. The summed E-state index contributed by atoms with van der Waals surface area (Å²) in [5, 5.41) is 0.854. The fraction of sp³-hybridized carbons (Fsp3) is 0.526. The largest absolute Gasteiger partial charge is 0.487 e. The zero-order valence-corrected chi connectivity index (χ0v) is 27.2. The predicted octanol–water partition coefficient (Wildman–Crippen LogP) is 5.58. The minimum absolute atomic E-state index is 0.143. The van der Waals surface area contributed by atoms with Crippen LogP contribution in [-0.2, 0) is 11.2 Å². The third-order valence-electron chi connectivity index (χ3n) is 11.7. The topological polar surface area (TPSA) is 75.4 Å². The molecule has 9 nitrogen and oxygen atoms in total. The predicted molar refractivity (Wildman–Crippen MR) is 181 cm³/mol. The highest BCUT2D eigenvalue weighted by molar-refractivity contribution is 5.99. The molecular weight excluding hydrogens is 607 g/mol. The quantitative estimate of drug-likeness (QED) is 0.222. The molecule has 4 heterocycles. The molecular formula is C38H41FN6O3. The van der Waals surface area contributed by atoms with Crippen molar-refractivity contribution in [1.29, 1.82) is 0 Å². The molecule has 2 unspecified atom stereocenters. The number of amides is 1. The van der Waals surface area contributed by atoms with Crippen LogP contribution in [0.5, 0.6) is 11.8 Å². The molecule has 5 atom stereocenters. The summed E-state index contributed by atoms with van der Waals surface area (Å²) in [5.74, 6) is 2.75. The van der Waals surface area contributed by atoms with Crippen LogP contribution in [0, 0.1) is 12.5 Å². The number of alkyl halides is 1. The van der Waals surface area contributed by atoms with Crippen molar-refractivity contribution in [2.75, 3.05) is 50.8 Å². The number of carbonyl (C=O) groups excluding carboxylic acids is 1. The van der Waals surface area contributed by atoms with Gasteiger partial charge in [0, 0.05) is 43.5 Å². The van der Waals surface area contributed by atoms with Crippen LogP contribution in [0.2, 0.25) is 0 Å². The van der Waals surface area contributed by atoms with Gasteiger partial charge in [-0.3, -0.25) is 9.69 Å². The highest BCUT2D eigenvalue weighted by Gasteiger charge is 2.50. The van der Waals surface area contributed by atoms with Gasteiger partial charge in [-0.1, -0.05) is 24.8 Å². The van der Waals surface area contributed by atoms with Gasteiger partial charge in [-0.25, -0.2) is 11.0 Å². The number of hydrogen-bond donors (Lipinski definition) is 0. The number of ether oxygens (including phenoxy) is 2. The van der Waals surface area contributed by atoms with E-state index in [2.05, 4.69) is 51.6 Å². The zero-order chi connectivity index (χ0) is 32.6. The molecule has 6 aliphatic rings. The molecule has 3 saturated heterocycles. The second-order valence-electron chi connectivity index (χ2n) is 14.7. The summed E-state index contributed by atoms with van der Waals surface area (Å²) >= 11 is 0. The Hall–Kier alpha value is -4.23. The molecule has 2 saturated carbocycles. The molecule has 5 fully saturated rings. The van der Waals surface area contributed by atoms with Gasteiger partial charge < -0.3 is 24.1 Å². The molecule has 0 N–H and O–H groups in total. The second kappa shape index (κ2) is 11.4. The fourth-order valence-electron chi connectivity index (χ4n) is 9.04. The summed E-state index contributed by atoms with van der Waals surface area (Å²) in [6, 6.07) is 10.9. The van der Waals surface area contributed by atoms with Gasteiger partial charge in [-0.05, 0) is 91.8 Å². The van der Waals surface area contributed by atoms with Crippen LogP contribution in [0.25, 0.3) is 26.9 Å². The number of fused-ring (bicyclic) bond motifs is 5. The molecule has 48 heavy (non-hydrogen) atoms. The number of hydrogen-bond acceptors (Lipinski definition) is 7. The lowest BCUT2D eigenvalue weighted by Crippen LogP contribution is -2.56. The monoisotopic (exact) mass is 648 g/mol. The van der Waals surface area contributed by atoms with E-state index in [1.165, 1.54) is 29.2 Å². The number of piperazine rings is 1. The molecule has 248 valence electrons. The van der Waals surface area contributed by atoms with Crippen LogP contribution >= 0.6 is 0 Å². The number of aromatic nitrogens is 2. The standard InChI is InChI=1S/C38H41FN6O3/c1-3-33(46)45-15-14-43(21-25(45)19-40-2)36-30-11-10-29(27-6-4-7-28-31-16-23(31)17-32(27)28)35(48-26-8-9-26)34(30)41-37(42-36)47-22-38-12-5-13-44(38)20-24(39)18-38/h3-4,6-7,10-11,23-26,31H,1,5,8-9,12-22H2/t23?,24-,25+,31?,38+/m1/s1. The van der Waals surface area contributed by atoms with Crippen molar-refractivity contribution in [2.45, 2.75) is 74.7 Å². The van der Waals surface area contributed by atoms with Crippen molar-refractivity contribution in [1.82, 2.24) is 19.8 Å². The third kappa shape index (κ3) is 5.01. The van der Waals surface area contributed by atoms with Crippen molar-refractivity contribution in [3.63, 3.8) is 0 Å². The Morgan fingerprint density at radius 2 is 2.04 bits per heavy atom. The Balaban J connectivity index is 1.16. The van der Waals surface area contributed by atoms with E-state index in [0.717, 1.165) is 61.3 Å². The van der Waals surface area contributed by atoms with Gasteiger partial charge in [0.25, 0.3) is 0 Å². The number of rotatable bonds is 9. The van der Waals surface area contributed by atoms with Crippen LogP contribution in [-0.4, -0.2) is 95.4 Å². The van der Waals surface area contributed by atoms with Crippen molar-refractivity contribution in [3.8, 4) is 22.9 Å². The molecule has 2 aromatic carbocycles. The molecule has 1 amide bonds. The van der Waals surface area contributed by atoms with E-state index >= 15 is 0 Å². The average molecular weight is 649 g/mol. The van der Waals surface area contributed by atoms with E-state index in [4.69, 9.17) is 26.0 Å². The molecule has 1 aromatic heterocycles. The van der Waals surface area contributed by atoms with Gasteiger partial charge in [0.1, 0.15) is 30.2 Å². The lowest BCUT2D eigenvalue weighted by molar-refractivity contribution is -0.128. The maximum atomic E-state index is 14.6. The molecule has 9 rings (SSSR count). The van der Waals surface area contributed by atoms with Gasteiger partial charge in [-0.2, -0.15) is 9.97 Å². The van der Waals surface area contributed by atoms with Crippen LogP contribution in [0.3, 0.4) is 0 Å². The number of benzene rings is 2. The zero-order valence-electron chi connectivity index (χ0n) is 27.2. The van der Waals surface area contributed by atoms with Crippen molar-refractivity contribution < 1.29 is 18.7 Å². The molecule has 3 aliphatic heterocycles. The summed E-state index contributed by atoms with van der Waals surface area (Å²) in [7, 11) is 0. The van der Waals surface area contributed by atoms with E-state index in [1.807, 2.05) is 0 Å². The van der Waals surface area contributed by atoms with E-state index < -0.39 is 6.17 Å². The van der Waals surface area contributed by atoms with Gasteiger partial charge in [0.05, 0.1) is 11.6 Å². The number of halogens is 1. The van der Waals surface area contributed by atoms with Crippen LogP contribution in [0.1, 0.15) is 55.6 Å². The first kappa shape index (κ1) is 29.9. The first-order valence-corrected chi connectivity index (χ1v) is 17.6. The smallest absolute Gasteiger partial charge is 0.319 e. The Labute approximate surface area is 280 Å². The van der Waals surface area contributed by atoms with Gasteiger partial charge in [-0.15, -0.1) is 0 Å². The van der Waals surface area contributed by atoms with Crippen LogP contribution < -0.4 is 14.4 Å². The Bertz CT molecular complexity index is 1860. The van der Waals surface area contributed by atoms with E-state index in [9.17, 15) is 9.18 Å². The summed E-state index contributed by atoms with van der Waals surface area (Å²) in [5.41, 5.74) is 5.54. The van der Waals surface area contributed by atoms with Crippen molar-refractivity contribution in [2.24, 2.45) is 5.92 Å². The normalized spacial score (nSPS) is 28.9. The summed E-state index contributed by atoms with van der Waals surface area (Å²) < 4.78 is 27.9. The lowest BCUT2D eigenvalue weighted by atomic mass is 9.93. The number of nitrogens with zero attached hydrogens (tertiary/aromatic N) is 6. The van der Waals surface area contributed by atoms with E-state index in [0.29, 0.717) is 56.5 Å². The molecule has 0 spiro atoms. The first-order chi connectivity index (χ1) is 23.4. The molecule has 0 bridgehead atoms. The minimum Gasteiger partial charge on any atom is -0.487 e. The van der Waals surface area contributed by atoms with E-state index in [1.54, 1.807) is 4.90 Å². The molecule has 0 radical (unpaired) electrons.